The number of aromatic nitrogens is 1. The largest absolute Gasteiger partial charge is 0.354 e. The van der Waals surface area contributed by atoms with E-state index in [2.05, 4.69) is 90.6 Å². The van der Waals surface area contributed by atoms with Crippen molar-refractivity contribution in [2.45, 2.75) is 49.9 Å². The number of piperidine rings is 1. The van der Waals surface area contributed by atoms with Gasteiger partial charge in [0.2, 0.25) is 11.8 Å². The summed E-state index contributed by atoms with van der Waals surface area (Å²) in [5, 5.41) is 12.9. The number of nitrogens with one attached hydrogen (secondary N) is 3. The van der Waals surface area contributed by atoms with Gasteiger partial charge in [-0.1, -0.05) is 72.8 Å². The molecule has 1 aromatic heterocycles. The summed E-state index contributed by atoms with van der Waals surface area (Å²) in [5.74, 6) is -0.143. The van der Waals surface area contributed by atoms with Gasteiger partial charge in [0.25, 0.3) is 5.91 Å². The number of hydrogen-bond donors (Lipinski definition) is 3. The number of nitrogens with zero attached hydrogens (tertiary/aromatic N) is 6. The molecule has 4 aliphatic heterocycles. The maximum atomic E-state index is 12.3. The molecular formula is C43H43N9O3. The summed E-state index contributed by atoms with van der Waals surface area (Å²) in [6.07, 6.45) is 20.3. The van der Waals surface area contributed by atoms with E-state index in [1.165, 1.54) is 11.6 Å². The highest BCUT2D eigenvalue weighted by Crippen LogP contribution is 2.43. The predicted molar refractivity (Wildman–Crippen MR) is 210 cm³/mol. The van der Waals surface area contributed by atoms with Crippen LogP contribution in [0.5, 0.6) is 0 Å². The molecule has 0 radical (unpaired) electrons. The van der Waals surface area contributed by atoms with Crippen molar-refractivity contribution in [2.75, 3.05) is 36.0 Å². The second-order valence-electron chi connectivity index (χ2n) is 14.7. The molecular weight excluding hydrogens is 691 g/mol. The van der Waals surface area contributed by atoms with Crippen LogP contribution in [0.4, 0.5) is 11.5 Å². The second-order valence-corrected chi connectivity index (χ2v) is 14.7. The SMILES string of the molecule is N#CC1(C2(Cc3cccc(C4N=CC=CN4c4cccc(CN5CCN(c6ccc(C7CCC(=O)NC7=O)cn6)CC5)c4)c3)C=CC(=O)NN2)C=CC=CC1. The van der Waals surface area contributed by atoms with E-state index >= 15 is 0 Å². The van der Waals surface area contributed by atoms with Gasteiger partial charge >= 0.3 is 0 Å². The number of imide groups is 1. The Morgan fingerprint density at radius 3 is 2.51 bits per heavy atom. The number of nitriles is 1. The molecule has 2 fully saturated rings. The highest BCUT2D eigenvalue weighted by molar-refractivity contribution is 6.00. The molecule has 5 aliphatic rings. The minimum Gasteiger partial charge on any atom is -0.354 e. The minimum absolute atomic E-state index is 0.213. The number of amides is 3. The molecule has 3 aromatic rings. The molecule has 0 saturated carbocycles. The lowest BCUT2D eigenvalue weighted by Gasteiger charge is -2.45. The Bertz CT molecular complexity index is 2160. The quantitative estimate of drug-likeness (QED) is 0.270. The van der Waals surface area contributed by atoms with Gasteiger partial charge in [-0.3, -0.25) is 35.0 Å². The average Bonchev–Trinajstić information content (AvgIpc) is 3.23. The van der Waals surface area contributed by atoms with Crippen molar-refractivity contribution in [3.63, 3.8) is 0 Å². The van der Waals surface area contributed by atoms with Crippen LogP contribution in [0.1, 0.15) is 53.6 Å². The molecule has 0 spiro atoms. The van der Waals surface area contributed by atoms with Gasteiger partial charge < -0.3 is 9.80 Å². The van der Waals surface area contributed by atoms with Crippen molar-refractivity contribution in [1.82, 2.24) is 26.1 Å². The molecule has 3 N–H and O–H groups in total. The monoisotopic (exact) mass is 733 g/mol. The molecule has 4 unspecified atom stereocenters. The molecule has 2 saturated heterocycles. The molecule has 0 bridgehead atoms. The third-order valence-electron chi connectivity index (χ3n) is 11.3. The first-order valence-electron chi connectivity index (χ1n) is 18.8. The zero-order valence-electron chi connectivity index (χ0n) is 30.5. The number of pyridine rings is 1. The lowest BCUT2D eigenvalue weighted by Crippen LogP contribution is -2.64. The van der Waals surface area contributed by atoms with Gasteiger partial charge in [0.05, 0.1) is 17.5 Å². The fraction of sp³-hybridized carbons (Fsp3) is 0.302. The molecule has 4 atom stereocenters. The van der Waals surface area contributed by atoms with Gasteiger partial charge in [-0.25, -0.2) is 10.4 Å². The first kappa shape index (κ1) is 35.8. The fourth-order valence-electron chi connectivity index (χ4n) is 8.22. The normalized spacial score (nSPS) is 26.5. The standard InChI is InChI=1S/C43H43N9O3/c44-30-42(16-2-1-3-17-42)43(18-15-39(54)48-49-43)27-31-7-4-9-33(25-31)40-45-19-6-20-52(40)35-10-5-8-32(26-35)29-50-21-23-51(24-22-50)37-13-11-34(28-46-37)36-12-14-38(53)47-41(36)55/h1-11,13,15-16,18-20,25-26,28,36,40,49H,12,14,17,21-24,27,29H2,(H,48,54)(H,47,53,55). The van der Waals surface area contributed by atoms with Crippen molar-refractivity contribution in [3.05, 3.63) is 138 Å². The molecule has 12 nitrogen and oxygen atoms in total. The minimum atomic E-state index is -0.894. The first-order chi connectivity index (χ1) is 26.8. The third-order valence-corrected chi connectivity index (χ3v) is 11.3. The number of aliphatic imine (C=N–C) groups is 1. The maximum Gasteiger partial charge on any atom is 0.257 e. The first-order valence-corrected chi connectivity index (χ1v) is 18.8. The Morgan fingerprint density at radius 1 is 0.909 bits per heavy atom. The van der Waals surface area contributed by atoms with Crippen LogP contribution in [0.3, 0.4) is 0 Å². The van der Waals surface area contributed by atoms with E-state index in [-0.39, 0.29) is 29.8 Å². The molecule has 5 heterocycles. The number of anilines is 2. The van der Waals surface area contributed by atoms with E-state index in [9.17, 15) is 19.6 Å². The topological polar surface area (TPSA) is 146 Å². The van der Waals surface area contributed by atoms with Gasteiger partial charge in [0, 0.05) is 69.5 Å². The summed E-state index contributed by atoms with van der Waals surface area (Å²) in [5.41, 5.74) is 9.35. The second kappa shape index (κ2) is 15.3. The van der Waals surface area contributed by atoms with Gasteiger partial charge in [0.15, 0.2) is 6.17 Å². The summed E-state index contributed by atoms with van der Waals surface area (Å²) in [6, 6.07) is 23.4. The molecule has 8 rings (SSSR count). The highest BCUT2D eigenvalue weighted by Gasteiger charge is 2.50. The average molecular weight is 734 g/mol. The lowest BCUT2D eigenvalue weighted by atomic mass is 9.64. The molecule has 55 heavy (non-hydrogen) atoms. The van der Waals surface area contributed by atoms with Crippen LogP contribution < -0.4 is 26.0 Å². The van der Waals surface area contributed by atoms with Gasteiger partial charge in [-0.05, 0) is 65.8 Å². The van der Waals surface area contributed by atoms with Crippen LogP contribution in [-0.2, 0) is 27.3 Å². The van der Waals surface area contributed by atoms with E-state index in [4.69, 9.17) is 4.99 Å². The Kier molecular flexibility index (Phi) is 9.97. The summed E-state index contributed by atoms with van der Waals surface area (Å²) in [6.45, 7) is 4.27. The smallest absolute Gasteiger partial charge is 0.257 e. The number of allylic oxidation sites excluding steroid dienone is 4. The van der Waals surface area contributed by atoms with E-state index in [0.717, 1.165) is 60.9 Å². The van der Waals surface area contributed by atoms with Crippen molar-refractivity contribution in [2.24, 2.45) is 10.4 Å². The summed E-state index contributed by atoms with van der Waals surface area (Å²) >= 11 is 0. The number of benzene rings is 2. The number of carbonyl (C=O) groups is 3. The fourth-order valence-corrected chi connectivity index (χ4v) is 8.22. The Hall–Kier alpha value is -6.16. The van der Waals surface area contributed by atoms with Crippen molar-refractivity contribution in [1.29, 1.82) is 5.26 Å². The zero-order chi connectivity index (χ0) is 37.8. The van der Waals surface area contributed by atoms with Crippen molar-refractivity contribution < 1.29 is 14.4 Å². The van der Waals surface area contributed by atoms with Crippen LogP contribution in [-0.4, -0.2) is 65.5 Å². The summed E-state index contributed by atoms with van der Waals surface area (Å²) in [7, 11) is 0. The molecule has 3 amide bonds. The highest BCUT2D eigenvalue weighted by atomic mass is 16.2. The maximum absolute atomic E-state index is 12.3. The van der Waals surface area contributed by atoms with E-state index < -0.39 is 11.0 Å². The number of hydrazine groups is 1. The van der Waals surface area contributed by atoms with Crippen LogP contribution in [0.15, 0.2) is 121 Å². The number of hydrogen-bond acceptors (Lipinski definition) is 10. The van der Waals surface area contributed by atoms with E-state index in [1.807, 2.05) is 60.9 Å². The van der Waals surface area contributed by atoms with Crippen molar-refractivity contribution >= 4 is 35.4 Å². The van der Waals surface area contributed by atoms with Crippen LogP contribution >= 0.6 is 0 Å². The zero-order valence-corrected chi connectivity index (χ0v) is 30.5. The van der Waals surface area contributed by atoms with Crippen LogP contribution in [0, 0.1) is 16.7 Å². The Balaban J connectivity index is 0.934. The Labute approximate surface area is 320 Å². The van der Waals surface area contributed by atoms with Gasteiger partial charge in [0.1, 0.15) is 11.2 Å². The van der Waals surface area contributed by atoms with Crippen LogP contribution in [0.2, 0.25) is 0 Å². The molecule has 278 valence electrons. The predicted octanol–water partition coefficient (Wildman–Crippen LogP) is 4.53. The number of rotatable bonds is 9. The summed E-state index contributed by atoms with van der Waals surface area (Å²) < 4.78 is 0. The van der Waals surface area contributed by atoms with Crippen molar-refractivity contribution in [3.8, 4) is 6.07 Å². The number of carbonyl (C=O) groups excluding carboxylic acids is 3. The molecule has 12 heteroatoms. The molecule has 2 aromatic carbocycles. The van der Waals surface area contributed by atoms with E-state index in [1.54, 1.807) is 6.20 Å². The van der Waals surface area contributed by atoms with E-state index in [0.29, 0.717) is 25.7 Å². The lowest BCUT2D eigenvalue weighted by molar-refractivity contribution is -0.134. The third kappa shape index (κ3) is 7.36. The van der Waals surface area contributed by atoms with Gasteiger partial charge in [-0.15, -0.1) is 0 Å². The number of piperazine rings is 1. The summed E-state index contributed by atoms with van der Waals surface area (Å²) in [4.78, 5) is 52.5. The Morgan fingerprint density at radius 2 is 1.76 bits per heavy atom. The van der Waals surface area contributed by atoms with Crippen LogP contribution in [0.25, 0.3) is 0 Å². The van der Waals surface area contributed by atoms with Gasteiger partial charge in [-0.2, -0.15) is 5.26 Å². The molecule has 1 aliphatic carbocycles.